The highest BCUT2D eigenvalue weighted by molar-refractivity contribution is 5.48. The van der Waals surface area contributed by atoms with Crippen LogP contribution in [0.25, 0.3) is 0 Å². The summed E-state index contributed by atoms with van der Waals surface area (Å²) < 4.78 is 0. The molecular weight excluding hydrogens is 140 g/mol. The number of aldehydes is 1. The zero-order valence-corrected chi connectivity index (χ0v) is 7.38. The lowest BCUT2D eigenvalue weighted by Crippen LogP contribution is -2.03. The van der Waals surface area contributed by atoms with E-state index in [1.807, 2.05) is 6.92 Å². The van der Waals surface area contributed by atoms with Crippen LogP contribution in [-0.4, -0.2) is 19.4 Å². The number of rotatable bonds is 5. The van der Waals surface area contributed by atoms with E-state index >= 15 is 0 Å². The minimum Gasteiger partial charge on any atom is -0.330 e. The van der Waals surface area contributed by atoms with Gasteiger partial charge in [-0.25, -0.2) is 0 Å². The highest BCUT2D eigenvalue weighted by Gasteiger charge is 1.75. The van der Waals surface area contributed by atoms with Crippen molar-refractivity contribution in [1.82, 2.24) is 0 Å². The third kappa shape index (κ3) is 26.2. The second kappa shape index (κ2) is 16.3. The molecule has 0 unspecified atom stereocenters. The lowest BCUT2D eigenvalue weighted by atomic mass is 10.3. The van der Waals surface area contributed by atoms with E-state index in [1.54, 1.807) is 0 Å². The molecule has 0 bridgehead atoms. The molecule has 68 valence electrons. The van der Waals surface area contributed by atoms with E-state index in [1.165, 1.54) is 0 Å². The molecule has 0 spiro atoms. The Balaban J connectivity index is 0. The van der Waals surface area contributed by atoms with Gasteiger partial charge in [-0.3, -0.25) is 0 Å². The molecule has 0 heterocycles. The predicted octanol–water partition coefficient (Wildman–Crippen LogP) is 0.669. The monoisotopic (exact) mass is 160 g/mol. The smallest absolute Gasteiger partial charge is 0.119 e. The van der Waals surface area contributed by atoms with Crippen LogP contribution in [0.15, 0.2) is 0 Å². The largest absolute Gasteiger partial charge is 0.330 e. The number of unbranched alkanes of at least 4 members (excludes halogenated alkanes) is 2. The van der Waals surface area contributed by atoms with E-state index < -0.39 is 0 Å². The Labute approximate surface area is 69.1 Å². The minimum atomic E-state index is 0.708. The van der Waals surface area contributed by atoms with Gasteiger partial charge in [-0.1, -0.05) is 6.92 Å². The maximum absolute atomic E-state index is 9.40. The fourth-order valence-electron chi connectivity index (χ4n) is 0.407. The molecule has 0 aliphatic carbocycles. The quantitative estimate of drug-likeness (QED) is 0.459. The SMILES string of the molecule is CCCC=O.NCCCCN. The summed E-state index contributed by atoms with van der Waals surface area (Å²) in [5, 5.41) is 0. The maximum atomic E-state index is 9.40. The Morgan fingerprint density at radius 2 is 1.64 bits per heavy atom. The molecule has 0 amide bonds. The van der Waals surface area contributed by atoms with Crippen molar-refractivity contribution in [3.05, 3.63) is 0 Å². The van der Waals surface area contributed by atoms with E-state index in [0.29, 0.717) is 6.42 Å². The number of hydrogen-bond donors (Lipinski definition) is 2. The number of nitrogens with two attached hydrogens (primary N) is 2. The van der Waals surface area contributed by atoms with Crippen molar-refractivity contribution >= 4 is 6.29 Å². The maximum Gasteiger partial charge on any atom is 0.119 e. The Bertz CT molecular complexity index is 63.1. The van der Waals surface area contributed by atoms with Crippen LogP contribution in [0.5, 0.6) is 0 Å². The first kappa shape index (κ1) is 13.2. The van der Waals surface area contributed by atoms with Gasteiger partial charge in [0.15, 0.2) is 0 Å². The van der Waals surface area contributed by atoms with Gasteiger partial charge in [-0.05, 0) is 32.4 Å². The van der Waals surface area contributed by atoms with E-state index in [2.05, 4.69) is 0 Å². The van der Waals surface area contributed by atoms with Crippen LogP contribution in [-0.2, 0) is 4.79 Å². The van der Waals surface area contributed by atoms with Crippen LogP contribution in [0.4, 0.5) is 0 Å². The molecule has 4 N–H and O–H groups in total. The molecule has 0 saturated carbocycles. The third-order valence-electron chi connectivity index (χ3n) is 1.06. The lowest BCUT2D eigenvalue weighted by Gasteiger charge is -1.87. The molecule has 0 aliphatic rings. The van der Waals surface area contributed by atoms with Crippen LogP contribution in [0.1, 0.15) is 32.6 Å². The Kier molecular flexibility index (Phi) is 19.6. The second-order valence-corrected chi connectivity index (χ2v) is 2.24. The van der Waals surface area contributed by atoms with Crippen molar-refractivity contribution < 1.29 is 4.79 Å². The van der Waals surface area contributed by atoms with Gasteiger partial charge in [0.2, 0.25) is 0 Å². The molecule has 0 saturated heterocycles. The zero-order valence-electron chi connectivity index (χ0n) is 7.38. The topological polar surface area (TPSA) is 69.1 Å². The first-order valence-electron chi connectivity index (χ1n) is 4.17. The average Bonchev–Trinajstić information content (AvgIpc) is 2.04. The molecule has 0 rings (SSSR count). The van der Waals surface area contributed by atoms with Crippen molar-refractivity contribution in [3.8, 4) is 0 Å². The van der Waals surface area contributed by atoms with Gasteiger partial charge in [0, 0.05) is 6.42 Å². The highest BCUT2D eigenvalue weighted by Crippen LogP contribution is 1.77. The minimum absolute atomic E-state index is 0.708. The van der Waals surface area contributed by atoms with Crippen molar-refractivity contribution in [3.63, 3.8) is 0 Å². The van der Waals surface area contributed by atoms with Gasteiger partial charge in [-0.15, -0.1) is 0 Å². The molecule has 3 heteroatoms. The molecular formula is C8H20N2O. The first-order valence-corrected chi connectivity index (χ1v) is 4.17. The van der Waals surface area contributed by atoms with Crippen molar-refractivity contribution in [2.45, 2.75) is 32.6 Å². The predicted molar refractivity (Wildman–Crippen MR) is 48.3 cm³/mol. The van der Waals surface area contributed by atoms with Gasteiger partial charge in [-0.2, -0.15) is 0 Å². The van der Waals surface area contributed by atoms with Crippen LogP contribution in [0, 0.1) is 0 Å². The summed E-state index contributed by atoms with van der Waals surface area (Å²) in [6.07, 6.45) is 4.75. The molecule has 0 aromatic carbocycles. The molecule has 0 radical (unpaired) electrons. The molecule has 11 heavy (non-hydrogen) atoms. The summed E-state index contributed by atoms with van der Waals surface area (Å²) in [5.74, 6) is 0. The average molecular weight is 160 g/mol. The number of carbonyl (C=O) groups excluding carboxylic acids is 1. The van der Waals surface area contributed by atoms with Crippen LogP contribution < -0.4 is 11.5 Å². The molecule has 0 atom stereocenters. The Morgan fingerprint density at radius 1 is 1.18 bits per heavy atom. The first-order chi connectivity index (χ1) is 5.33. The molecule has 0 fully saturated rings. The van der Waals surface area contributed by atoms with Gasteiger partial charge in [0.05, 0.1) is 0 Å². The normalized spacial score (nSPS) is 8.27. The van der Waals surface area contributed by atoms with Crippen molar-refractivity contribution in [1.29, 1.82) is 0 Å². The van der Waals surface area contributed by atoms with E-state index in [4.69, 9.17) is 11.5 Å². The second-order valence-electron chi connectivity index (χ2n) is 2.24. The fourth-order valence-corrected chi connectivity index (χ4v) is 0.407. The molecule has 0 aliphatic heterocycles. The molecule has 0 aromatic rings. The van der Waals surface area contributed by atoms with Crippen LogP contribution in [0.3, 0.4) is 0 Å². The fraction of sp³-hybridized carbons (Fsp3) is 0.875. The number of hydrogen-bond acceptors (Lipinski definition) is 3. The van der Waals surface area contributed by atoms with Gasteiger partial charge in [0.25, 0.3) is 0 Å². The summed E-state index contributed by atoms with van der Waals surface area (Å²) in [6.45, 7) is 3.53. The summed E-state index contributed by atoms with van der Waals surface area (Å²) >= 11 is 0. The summed E-state index contributed by atoms with van der Waals surface area (Å²) in [6, 6.07) is 0. The van der Waals surface area contributed by atoms with Gasteiger partial charge >= 0.3 is 0 Å². The third-order valence-corrected chi connectivity index (χ3v) is 1.06. The lowest BCUT2D eigenvalue weighted by molar-refractivity contribution is -0.107. The zero-order chi connectivity index (χ0) is 8.95. The standard InChI is InChI=1S/C4H12N2.C4H8O/c5-3-1-2-4-6;1-2-3-4-5/h1-6H2;4H,2-3H2,1H3. The van der Waals surface area contributed by atoms with E-state index in [0.717, 1.165) is 38.6 Å². The van der Waals surface area contributed by atoms with Gasteiger partial charge < -0.3 is 16.3 Å². The summed E-state index contributed by atoms with van der Waals surface area (Å²) in [7, 11) is 0. The highest BCUT2D eigenvalue weighted by atomic mass is 16.1. The molecule has 0 aromatic heterocycles. The van der Waals surface area contributed by atoms with Crippen molar-refractivity contribution in [2.24, 2.45) is 11.5 Å². The van der Waals surface area contributed by atoms with Crippen molar-refractivity contribution in [2.75, 3.05) is 13.1 Å². The van der Waals surface area contributed by atoms with E-state index in [-0.39, 0.29) is 0 Å². The van der Waals surface area contributed by atoms with Gasteiger partial charge in [0.1, 0.15) is 6.29 Å². The Morgan fingerprint density at radius 3 is 1.73 bits per heavy atom. The summed E-state index contributed by atoms with van der Waals surface area (Å²) in [5.41, 5.74) is 10.3. The summed E-state index contributed by atoms with van der Waals surface area (Å²) in [4.78, 5) is 9.40. The van der Waals surface area contributed by atoms with Crippen LogP contribution in [0.2, 0.25) is 0 Å². The molecule has 3 nitrogen and oxygen atoms in total. The number of carbonyl (C=O) groups is 1. The van der Waals surface area contributed by atoms with E-state index in [9.17, 15) is 4.79 Å². The van der Waals surface area contributed by atoms with Crippen LogP contribution >= 0.6 is 0 Å². The Hall–Kier alpha value is -0.410.